The minimum Gasteiger partial charge on any atom is -0.376 e. The first-order chi connectivity index (χ1) is 10.9. The van der Waals surface area contributed by atoms with E-state index in [1.54, 1.807) is 17.7 Å². The SMILES string of the molecule is c1ccc(-c2cc3ncnc(NCC4CCCO4)c3s2)cc1. The number of nitrogens with one attached hydrogen (secondary N) is 1. The van der Waals surface area contributed by atoms with Gasteiger partial charge in [0.25, 0.3) is 0 Å². The zero-order valence-corrected chi connectivity index (χ0v) is 13.0. The number of anilines is 1. The maximum atomic E-state index is 5.66. The van der Waals surface area contributed by atoms with E-state index in [-0.39, 0.29) is 0 Å². The largest absolute Gasteiger partial charge is 0.376 e. The van der Waals surface area contributed by atoms with E-state index in [0.29, 0.717) is 6.10 Å². The van der Waals surface area contributed by atoms with Crippen molar-refractivity contribution in [1.29, 1.82) is 0 Å². The molecule has 3 heterocycles. The quantitative estimate of drug-likeness (QED) is 0.792. The van der Waals surface area contributed by atoms with Crippen molar-refractivity contribution in [3.05, 3.63) is 42.7 Å². The molecule has 1 saturated heterocycles. The van der Waals surface area contributed by atoms with Gasteiger partial charge in [-0.25, -0.2) is 9.97 Å². The van der Waals surface area contributed by atoms with Gasteiger partial charge in [0.2, 0.25) is 0 Å². The topological polar surface area (TPSA) is 47.0 Å². The normalized spacial score (nSPS) is 17.9. The summed E-state index contributed by atoms with van der Waals surface area (Å²) in [5.74, 6) is 0.910. The standard InChI is InChI=1S/C17H17N3OS/c1-2-5-12(6-3-1)15-9-14-16(22-15)17(20-11-19-14)18-10-13-7-4-8-21-13/h1-3,5-6,9,11,13H,4,7-8,10H2,(H,18,19,20). The summed E-state index contributed by atoms with van der Waals surface area (Å²) < 4.78 is 6.77. The Hall–Kier alpha value is -1.98. The Morgan fingerprint density at radius 1 is 1.23 bits per heavy atom. The highest BCUT2D eigenvalue weighted by atomic mass is 32.1. The number of hydrogen-bond donors (Lipinski definition) is 1. The molecule has 112 valence electrons. The van der Waals surface area contributed by atoms with Gasteiger partial charge in [0.05, 0.1) is 16.3 Å². The molecule has 0 radical (unpaired) electrons. The molecule has 0 amide bonds. The molecule has 1 N–H and O–H groups in total. The van der Waals surface area contributed by atoms with Crippen LogP contribution in [0.3, 0.4) is 0 Å². The van der Waals surface area contributed by atoms with E-state index in [9.17, 15) is 0 Å². The molecule has 1 fully saturated rings. The molecule has 0 aliphatic carbocycles. The van der Waals surface area contributed by atoms with Crippen LogP contribution in [0.2, 0.25) is 0 Å². The smallest absolute Gasteiger partial charge is 0.147 e. The lowest BCUT2D eigenvalue weighted by atomic mass is 10.2. The van der Waals surface area contributed by atoms with Crippen LogP contribution in [0.25, 0.3) is 20.7 Å². The van der Waals surface area contributed by atoms with Gasteiger partial charge in [0.1, 0.15) is 12.1 Å². The van der Waals surface area contributed by atoms with E-state index in [0.717, 1.165) is 42.0 Å². The van der Waals surface area contributed by atoms with Crippen LogP contribution in [0.5, 0.6) is 0 Å². The average Bonchev–Trinajstić information content (AvgIpc) is 3.23. The van der Waals surface area contributed by atoms with E-state index in [2.05, 4.69) is 45.6 Å². The van der Waals surface area contributed by atoms with Crippen molar-refractivity contribution >= 4 is 27.4 Å². The Kier molecular flexibility index (Phi) is 3.74. The van der Waals surface area contributed by atoms with Crippen molar-refractivity contribution in [3.8, 4) is 10.4 Å². The van der Waals surface area contributed by atoms with Crippen LogP contribution in [0.1, 0.15) is 12.8 Å². The average molecular weight is 311 g/mol. The van der Waals surface area contributed by atoms with Gasteiger partial charge in [-0.15, -0.1) is 11.3 Å². The number of aromatic nitrogens is 2. The Bertz CT molecular complexity index is 766. The van der Waals surface area contributed by atoms with Gasteiger partial charge in [0, 0.05) is 18.0 Å². The highest BCUT2D eigenvalue weighted by Gasteiger charge is 2.16. The molecule has 1 aliphatic rings. The van der Waals surface area contributed by atoms with Crippen LogP contribution >= 0.6 is 11.3 Å². The summed E-state index contributed by atoms with van der Waals surface area (Å²) in [5.41, 5.74) is 2.21. The van der Waals surface area contributed by atoms with Crippen LogP contribution in [-0.4, -0.2) is 29.2 Å². The lowest BCUT2D eigenvalue weighted by Crippen LogP contribution is -2.18. The molecule has 0 bridgehead atoms. The number of benzene rings is 1. The zero-order valence-electron chi connectivity index (χ0n) is 12.2. The molecule has 5 heteroatoms. The molecule has 1 unspecified atom stereocenters. The van der Waals surface area contributed by atoms with Gasteiger partial charge < -0.3 is 10.1 Å². The highest BCUT2D eigenvalue weighted by Crippen LogP contribution is 2.35. The molecule has 3 aromatic rings. The van der Waals surface area contributed by atoms with Crippen LogP contribution in [0.4, 0.5) is 5.82 Å². The van der Waals surface area contributed by atoms with Gasteiger partial charge in [-0.05, 0) is 24.5 Å². The first-order valence-electron chi connectivity index (χ1n) is 7.55. The molecule has 4 rings (SSSR count). The summed E-state index contributed by atoms with van der Waals surface area (Å²) in [5, 5.41) is 3.43. The van der Waals surface area contributed by atoms with Gasteiger partial charge in [-0.2, -0.15) is 0 Å². The number of nitrogens with zero attached hydrogens (tertiary/aromatic N) is 2. The van der Waals surface area contributed by atoms with Gasteiger partial charge in [0.15, 0.2) is 0 Å². The molecule has 1 aromatic carbocycles. The number of thiophene rings is 1. The third kappa shape index (κ3) is 2.69. The molecular formula is C17H17N3OS. The first kappa shape index (κ1) is 13.7. The summed E-state index contributed by atoms with van der Waals surface area (Å²) in [6.07, 6.45) is 4.21. The van der Waals surface area contributed by atoms with Crippen LogP contribution in [-0.2, 0) is 4.74 Å². The van der Waals surface area contributed by atoms with Crippen LogP contribution in [0.15, 0.2) is 42.7 Å². The second-order valence-corrected chi connectivity index (χ2v) is 6.48. The third-order valence-electron chi connectivity index (χ3n) is 3.89. The van der Waals surface area contributed by atoms with Gasteiger partial charge in [-0.1, -0.05) is 30.3 Å². The lowest BCUT2D eigenvalue weighted by molar-refractivity contribution is 0.120. The summed E-state index contributed by atoms with van der Waals surface area (Å²) in [6, 6.07) is 12.5. The number of rotatable bonds is 4. The molecule has 1 aliphatic heterocycles. The van der Waals surface area contributed by atoms with Gasteiger partial charge >= 0.3 is 0 Å². The highest BCUT2D eigenvalue weighted by molar-refractivity contribution is 7.22. The monoisotopic (exact) mass is 311 g/mol. The van der Waals surface area contributed by atoms with Crippen molar-refractivity contribution in [2.24, 2.45) is 0 Å². The minimum absolute atomic E-state index is 0.304. The molecule has 0 saturated carbocycles. The Morgan fingerprint density at radius 3 is 2.95 bits per heavy atom. The molecular weight excluding hydrogens is 294 g/mol. The van der Waals surface area contributed by atoms with E-state index in [1.807, 2.05) is 6.07 Å². The first-order valence-corrected chi connectivity index (χ1v) is 8.37. The Balaban J connectivity index is 1.63. The third-order valence-corrected chi connectivity index (χ3v) is 5.07. The summed E-state index contributed by atoms with van der Waals surface area (Å²) >= 11 is 1.73. The summed E-state index contributed by atoms with van der Waals surface area (Å²) in [4.78, 5) is 10.0. The number of hydrogen-bond acceptors (Lipinski definition) is 5. The Labute approximate surface area is 133 Å². The van der Waals surface area contributed by atoms with Crippen molar-refractivity contribution < 1.29 is 4.74 Å². The van der Waals surface area contributed by atoms with E-state index in [4.69, 9.17) is 4.74 Å². The molecule has 2 aromatic heterocycles. The fourth-order valence-corrected chi connectivity index (χ4v) is 3.82. The second-order valence-electron chi connectivity index (χ2n) is 5.43. The summed E-state index contributed by atoms with van der Waals surface area (Å²) in [7, 11) is 0. The van der Waals surface area contributed by atoms with Crippen molar-refractivity contribution in [1.82, 2.24) is 9.97 Å². The number of fused-ring (bicyclic) bond motifs is 1. The van der Waals surface area contributed by atoms with Gasteiger partial charge in [-0.3, -0.25) is 0 Å². The molecule has 4 nitrogen and oxygen atoms in total. The maximum absolute atomic E-state index is 5.66. The fourth-order valence-electron chi connectivity index (χ4n) is 2.74. The molecule has 0 spiro atoms. The second kappa shape index (κ2) is 6.02. The molecule has 1 atom stereocenters. The lowest BCUT2D eigenvalue weighted by Gasteiger charge is -2.11. The number of ether oxygens (including phenoxy) is 1. The van der Waals surface area contributed by atoms with Crippen LogP contribution < -0.4 is 5.32 Å². The maximum Gasteiger partial charge on any atom is 0.147 e. The Morgan fingerprint density at radius 2 is 2.14 bits per heavy atom. The predicted molar refractivity (Wildman–Crippen MR) is 90.3 cm³/mol. The zero-order chi connectivity index (χ0) is 14.8. The van der Waals surface area contributed by atoms with E-state index in [1.165, 1.54) is 10.4 Å². The summed E-state index contributed by atoms with van der Waals surface area (Å²) in [6.45, 7) is 1.69. The van der Waals surface area contributed by atoms with E-state index < -0.39 is 0 Å². The fraction of sp³-hybridized carbons (Fsp3) is 0.294. The predicted octanol–water partition coefficient (Wildman–Crippen LogP) is 3.95. The van der Waals surface area contributed by atoms with Crippen molar-refractivity contribution in [2.45, 2.75) is 18.9 Å². The molecule has 22 heavy (non-hydrogen) atoms. The van der Waals surface area contributed by atoms with Crippen molar-refractivity contribution in [2.75, 3.05) is 18.5 Å². The minimum atomic E-state index is 0.304. The van der Waals surface area contributed by atoms with Crippen molar-refractivity contribution in [3.63, 3.8) is 0 Å². The van der Waals surface area contributed by atoms with Crippen LogP contribution in [0, 0.1) is 0 Å². The van der Waals surface area contributed by atoms with E-state index >= 15 is 0 Å².